The van der Waals surface area contributed by atoms with E-state index in [2.05, 4.69) is 26.9 Å². The van der Waals surface area contributed by atoms with Gasteiger partial charge in [-0.05, 0) is 18.6 Å². The second-order valence-corrected chi connectivity index (χ2v) is 4.59. The third kappa shape index (κ3) is 3.68. The molecule has 21 heavy (non-hydrogen) atoms. The van der Waals surface area contributed by atoms with Crippen molar-refractivity contribution in [1.82, 2.24) is 9.97 Å². The van der Waals surface area contributed by atoms with Crippen LogP contribution in [0.5, 0.6) is 0 Å². The summed E-state index contributed by atoms with van der Waals surface area (Å²) in [7, 11) is 0. The van der Waals surface area contributed by atoms with E-state index in [0.29, 0.717) is 5.69 Å². The van der Waals surface area contributed by atoms with E-state index in [1.165, 1.54) is 6.20 Å². The van der Waals surface area contributed by atoms with Crippen LogP contribution in [-0.2, 0) is 0 Å². The minimum Gasteiger partial charge on any atom is -0.409 e. The summed E-state index contributed by atoms with van der Waals surface area (Å²) in [5.74, 6) is 0.693. The first-order chi connectivity index (χ1) is 10.3. The Balaban J connectivity index is 2.28. The van der Waals surface area contributed by atoms with Gasteiger partial charge in [0.15, 0.2) is 11.7 Å². The van der Waals surface area contributed by atoms with Gasteiger partial charge in [-0.3, -0.25) is 0 Å². The molecule has 1 heterocycles. The topological polar surface area (TPSA) is 87.6 Å². The summed E-state index contributed by atoms with van der Waals surface area (Å²) in [6, 6.07) is 10.0. The molecule has 6 nitrogen and oxygen atoms in total. The van der Waals surface area contributed by atoms with Gasteiger partial charge in [-0.2, -0.15) is 0 Å². The Morgan fingerprint density at radius 2 is 2.00 bits per heavy atom. The molecule has 0 aliphatic heterocycles. The van der Waals surface area contributed by atoms with Crippen LogP contribution in [0.25, 0.3) is 0 Å². The summed E-state index contributed by atoms with van der Waals surface area (Å²) in [5.41, 5.74) is 6.91. The average molecular weight is 285 g/mol. The van der Waals surface area contributed by atoms with Crippen molar-refractivity contribution in [1.29, 1.82) is 0 Å². The number of oxime groups is 1. The van der Waals surface area contributed by atoms with E-state index in [4.69, 9.17) is 10.9 Å². The Morgan fingerprint density at radius 3 is 2.57 bits per heavy atom. The maximum Gasteiger partial charge on any atom is 0.190 e. The number of amidine groups is 1. The van der Waals surface area contributed by atoms with E-state index in [9.17, 15) is 0 Å². The van der Waals surface area contributed by atoms with E-state index in [-0.39, 0.29) is 5.84 Å². The maximum atomic E-state index is 8.65. The standard InChI is InChI=1S/C15H19N5O/c1-2-3-9-20(12-7-5-4-6-8-12)14-11-17-13(10-18-14)15(16)19-21/h4-8,10-11,21H,2-3,9H2,1H3,(H2,16,19). The molecule has 0 radical (unpaired) electrons. The van der Waals surface area contributed by atoms with Gasteiger partial charge in [-0.25, -0.2) is 9.97 Å². The number of unbranched alkanes of at least 4 members (excludes halogenated alkanes) is 1. The fraction of sp³-hybridized carbons (Fsp3) is 0.267. The van der Waals surface area contributed by atoms with Crippen molar-refractivity contribution in [2.45, 2.75) is 19.8 Å². The average Bonchev–Trinajstić information content (AvgIpc) is 2.56. The van der Waals surface area contributed by atoms with Crippen LogP contribution in [0.3, 0.4) is 0 Å². The molecule has 0 unspecified atom stereocenters. The monoisotopic (exact) mass is 285 g/mol. The van der Waals surface area contributed by atoms with Crippen molar-refractivity contribution in [3.8, 4) is 0 Å². The second kappa shape index (κ2) is 7.23. The quantitative estimate of drug-likeness (QED) is 0.368. The van der Waals surface area contributed by atoms with Gasteiger partial charge in [0.2, 0.25) is 0 Å². The summed E-state index contributed by atoms with van der Waals surface area (Å²) in [6.45, 7) is 3.01. The zero-order valence-corrected chi connectivity index (χ0v) is 12.0. The molecule has 0 amide bonds. The highest BCUT2D eigenvalue weighted by atomic mass is 16.4. The van der Waals surface area contributed by atoms with Crippen molar-refractivity contribution in [2.75, 3.05) is 11.4 Å². The molecule has 3 N–H and O–H groups in total. The Kier molecular flexibility index (Phi) is 5.09. The molecular formula is C15H19N5O. The summed E-state index contributed by atoms with van der Waals surface area (Å²) in [5, 5.41) is 11.6. The van der Waals surface area contributed by atoms with Crippen LogP contribution >= 0.6 is 0 Å². The number of hydrogen-bond acceptors (Lipinski definition) is 5. The number of nitrogens with two attached hydrogens (primary N) is 1. The van der Waals surface area contributed by atoms with Crippen LogP contribution in [0, 0.1) is 0 Å². The van der Waals surface area contributed by atoms with Gasteiger partial charge in [0.25, 0.3) is 0 Å². The van der Waals surface area contributed by atoms with Crippen molar-refractivity contribution < 1.29 is 5.21 Å². The number of hydrogen-bond donors (Lipinski definition) is 2. The van der Waals surface area contributed by atoms with Gasteiger partial charge in [0.1, 0.15) is 5.69 Å². The normalized spacial score (nSPS) is 11.4. The van der Waals surface area contributed by atoms with Crippen LogP contribution in [0.4, 0.5) is 11.5 Å². The molecule has 6 heteroatoms. The molecule has 0 aliphatic rings. The molecule has 0 saturated heterocycles. The molecule has 0 saturated carbocycles. The Hall–Kier alpha value is -2.63. The molecule has 0 bridgehead atoms. The highest BCUT2D eigenvalue weighted by molar-refractivity contribution is 5.94. The largest absolute Gasteiger partial charge is 0.409 e. The summed E-state index contributed by atoms with van der Waals surface area (Å²) in [4.78, 5) is 10.7. The van der Waals surface area contributed by atoms with Gasteiger partial charge in [-0.1, -0.05) is 36.7 Å². The first-order valence-corrected chi connectivity index (χ1v) is 6.88. The molecule has 2 aromatic rings. The predicted molar refractivity (Wildman–Crippen MR) is 82.9 cm³/mol. The first-order valence-electron chi connectivity index (χ1n) is 6.88. The summed E-state index contributed by atoms with van der Waals surface area (Å²) < 4.78 is 0. The van der Waals surface area contributed by atoms with Gasteiger partial charge in [0, 0.05) is 12.2 Å². The number of anilines is 2. The fourth-order valence-corrected chi connectivity index (χ4v) is 1.94. The van der Waals surface area contributed by atoms with E-state index in [1.807, 2.05) is 30.3 Å². The lowest BCUT2D eigenvalue weighted by atomic mass is 10.2. The highest BCUT2D eigenvalue weighted by Gasteiger charge is 2.11. The van der Waals surface area contributed by atoms with E-state index in [1.54, 1.807) is 6.20 Å². The highest BCUT2D eigenvalue weighted by Crippen LogP contribution is 2.23. The van der Waals surface area contributed by atoms with E-state index >= 15 is 0 Å². The SMILES string of the molecule is CCCCN(c1ccccc1)c1cnc(C(N)=NO)cn1. The third-order valence-corrected chi connectivity index (χ3v) is 3.09. The fourth-order valence-electron chi connectivity index (χ4n) is 1.94. The Morgan fingerprint density at radius 1 is 1.24 bits per heavy atom. The lowest BCUT2D eigenvalue weighted by Crippen LogP contribution is -2.21. The van der Waals surface area contributed by atoms with Crippen LogP contribution in [-0.4, -0.2) is 27.6 Å². The number of rotatable bonds is 6. The molecule has 0 fully saturated rings. The lowest BCUT2D eigenvalue weighted by molar-refractivity contribution is 0.318. The van der Waals surface area contributed by atoms with Crippen molar-refractivity contribution in [2.24, 2.45) is 10.9 Å². The predicted octanol–water partition coefficient (Wildman–Crippen LogP) is 2.51. The van der Waals surface area contributed by atoms with E-state index in [0.717, 1.165) is 30.9 Å². The molecular weight excluding hydrogens is 266 g/mol. The molecule has 1 aromatic heterocycles. The van der Waals surface area contributed by atoms with Gasteiger partial charge >= 0.3 is 0 Å². The van der Waals surface area contributed by atoms with Crippen LogP contribution in [0.2, 0.25) is 0 Å². The van der Waals surface area contributed by atoms with Crippen LogP contribution in [0.1, 0.15) is 25.5 Å². The number of benzene rings is 1. The Bertz CT molecular complexity index is 583. The number of para-hydroxylation sites is 1. The zero-order chi connectivity index (χ0) is 15.1. The van der Waals surface area contributed by atoms with Gasteiger partial charge < -0.3 is 15.8 Å². The van der Waals surface area contributed by atoms with Gasteiger partial charge in [0.05, 0.1) is 12.4 Å². The zero-order valence-electron chi connectivity index (χ0n) is 12.0. The summed E-state index contributed by atoms with van der Waals surface area (Å²) >= 11 is 0. The molecule has 0 atom stereocenters. The van der Waals surface area contributed by atoms with Crippen molar-refractivity contribution in [3.05, 3.63) is 48.4 Å². The molecule has 2 rings (SSSR count). The third-order valence-electron chi connectivity index (χ3n) is 3.09. The van der Waals surface area contributed by atoms with E-state index < -0.39 is 0 Å². The Labute approximate surface area is 123 Å². The van der Waals surface area contributed by atoms with Crippen molar-refractivity contribution in [3.63, 3.8) is 0 Å². The van der Waals surface area contributed by atoms with Crippen LogP contribution < -0.4 is 10.6 Å². The van der Waals surface area contributed by atoms with Crippen LogP contribution in [0.15, 0.2) is 47.9 Å². The minimum absolute atomic E-state index is 0.0473. The molecule has 1 aromatic carbocycles. The maximum absolute atomic E-state index is 8.65. The molecule has 0 aliphatic carbocycles. The molecule has 0 spiro atoms. The number of nitrogens with zero attached hydrogens (tertiary/aromatic N) is 4. The number of aromatic nitrogens is 2. The lowest BCUT2D eigenvalue weighted by Gasteiger charge is -2.23. The first kappa shape index (κ1) is 14.8. The summed E-state index contributed by atoms with van der Waals surface area (Å²) in [6.07, 6.45) is 5.29. The second-order valence-electron chi connectivity index (χ2n) is 4.59. The van der Waals surface area contributed by atoms with Gasteiger partial charge in [-0.15, -0.1) is 0 Å². The van der Waals surface area contributed by atoms with Crippen molar-refractivity contribution >= 4 is 17.3 Å². The minimum atomic E-state index is -0.0473. The smallest absolute Gasteiger partial charge is 0.190 e. The molecule has 110 valence electrons.